The standard InChI is InChI=1S/C17H18N2O3/c1-4-9-19-16(17(20)21)10-15(18-19)13-5-7-14(8-6-13)22-11-12(2)3/h4-8,10H,1-2,9,11H2,3H3,(H,20,21). The molecule has 0 atom stereocenters. The molecule has 0 bridgehead atoms. The van der Waals surface area contributed by atoms with Crippen molar-refractivity contribution in [3.05, 3.63) is 60.8 Å². The van der Waals surface area contributed by atoms with Gasteiger partial charge in [0.05, 0.1) is 12.2 Å². The van der Waals surface area contributed by atoms with E-state index >= 15 is 0 Å². The molecule has 0 saturated carbocycles. The van der Waals surface area contributed by atoms with E-state index in [2.05, 4.69) is 18.3 Å². The highest BCUT2D eigenvalue weighted by atomic mass is 16.5. The predicted molar refractivity (Wildman–Crippen MR) is 85.1 cm³/mol. The second-order valence-electron chi connectivity index (χ2n) is 4.96. The number of ether oxygens (including phenoxy) is 1. The van der Waals surface area contributed by atoms with Crippen LogP contribution in [0.3, 0.4) is 0 Å². The van der Waals surface area contributed by atoms with Crippen molar-refractivity contribution in [3.8, 4) is 17.0 Å². The Bertz CT molecular complexity index is 699. The molecule has 0 amide bonds. The molecular formula is C17H18N2O3. The van der Waals surface area contributed by atoms with Crippen molar-refractivity contribution < 1.29 is 14.6 Å². The minimum absolute atomic E-state index is 0.137. The van der Waals surface area contributed by atoms with Crippen molar-refractivity contribution in [2.75, 3.05) is 6.61 Å². The first-order chi connectivity index (χ1) is 10.5. The molecule has 0 aliphatic rings. The Morgan fingerprint density at radius 1 is 1.41 bits per heavy atom. The maximum absolute atomic E-state index is 11.2. The van der Waals surface area contributed by atoms with Gasteiger partial charge in [-0.15, -0.1) is 6.58 Å². The molecular weight excluding hydrogens is 280 g/mol. The second-order valence-corrected chi connectivity index (χ2v) is 4.96. The van der Waals surface area contributed by atoms with Crippen LogP contribution in [-0.4, -0.2) is 27.5 Å². The quantitative estimate of drug-likeness (QED) is 0.796. The predicted octanol–water partition coefficient (Wildman–Crippen LogP) is 3.39. The Hall–Kier alpha value is -2.82. The first-order valence-corrected chi connectivity index (χ1v) is 6.81. The number of aromatic nitrogens is 2. The van der Waals surface area contributed by atoms with Crippen molar-refractivity contribution in [3.63, 3.8) is 0 Å². The van der Waals surface area contributed by atoms with E-state index in [4.69, 9.17) is 4.74 Å². The van der Waals surface area contributed by atoms with Gasteiger partial charge >= 0.3 is 5.97 Å². The van der Waals surface area contributed by atoms with E-state index in [-0.39, 0.29) is 5.69 Å². The second kappa shape index (κ2) is 6.76. The number of benzene rings is 1. The van der Waals surface area contributed by atoms with Gasteiger partial charge in [0.1, 0.15) is 18.1 Å². The normalized spacial score (nSPS) is 10.2. The van der Waals surface area contributed by atoms with Crippen LogP contribution in [0.25, 0.3) is 11.3 Å². The van der Waals surface area contributed by atoms with E-state index in [9.17, 15) is 9.90 Å². The topological polar surface area (TPSA) is 64.4 Å². The number of aromatic carboxylic acids is 1. The first-order valence-electron chi connectivity index (χ1n) is 6.81. The summed E-state index contributed by atoms with van der Waals surface area (Å²) in [4.78, 5) is 11.2. The summed E-state index contributed by atoms with van der Waals surface area (Å²) in [5.41, 5.74) is 2.51. The van der Waals surface area contributed by atoms with Crippen molar-refractivity contribution in [2.24, 2.45) is 0 Å². The minimum Gasteiger partial charge on any atom is -0.489 e. The third kappa shape index (κ3) is 3.63. The fourth-order valence-corrected chi connectivity index (χ4v) is 1.92. The Morgan fingerprint density at radius 3 is 2.64 bits per heavy atom. The molecule has 0 unspecified atom stereocenters. The van der Waals surface area contributed by atoms with Crippen molar-refractivity contribution in [1.82, 2.24) is 9.78 Å². The van der Waals surface area contributed by atoms with Gasteiger partial charge in [-0.3, -0.25) is 4.68 Å². The van der Waals surface area contributed by atoms with Gasteiger partial charge in [-0.1, -0.05) is 12.7 Å². The summed E-state index contributed by atoms with van der Waals surface area (Å²) in [7, 11) is 0. The molecule has 0 fully saturated rings. The zero-order valence-corrected chi connectivity index (χ0v) is 12.5. The number of rotatable bonds is 7. The summed E-state index contributed by atoms with van der Waals surface area (Å²) in [5, 5.41) is 13.5. The fraction of sp³-hybridized carbons (Fsp3) is 0.176. The highest BCUT2D eigenvalue weighted by Gasteiger charge is 2.14. The van der Waals surface area contributed by atoms with Gasteiger partial charge in [-0.2, -0.15) is 5.10 Å². The van der Waals surface area contributed by atoms with Gasteiger partial charge in [-0.25, -0.2) is 4.79 Å². The van der Waals surface area contributed by atoms with E-state index in [1.165, 1.54) is 4.68 Å². The summed E-state index contributed by atoms with van der Waals surface area (Å²) < 4.78 is 6.94. The van der Waals surface area contributed by atoms with Gasteiger partial charge in [0.25, 0.3) is 0 Å². The first kappa shape index (κ1) is 15.6. The van der Waals surface area contributed by atoms with Crippen LogP contribution in [0.2, 0.25) is 0 Å². The number of carboxylic acids is 1. The zero-order valence-electron chi connectivity index (χ0n) is 12.5. The average Bonchev–Trinajstić information content (AvgIpc) is 2.90. The number of hydrogen-bond donors (Lipinski definition) is 1. The molecule has 114 valence electrons. The van der Waals surface area contributed by atoms with Crippen LogP contribution in [0.15, 0.2) is 55.1 Å². The molecule has 22 heavy (non-hydrogen) atoms. The van der Waals surface area contributed by atoms with Crippen LogP contribution < -0.4 is 4.74 Å². The highest BCUT2D eigenvalue weighted by molar-refractivity contribution is 5.87. The molecule has 0 aliphatic carbocycles. The van der Waals surface area contributed by atoms with Gasteiger partial charge in [0, 0.05) is 5.56 Å². The fourth-order valence-electron chi connectivity index (χ4n) is 1.92. The third-order valence-corrected chi connectivity index (χ3v) is 2.94. The van der Waals surface area contributed by atoms with Gasteiger partial charge in [-0.05, 0) is 42.8 Å². The maximum atomic E-state index is 11.2. The van der Waals surface area contributed by atoms with Crippen molar-refractivity contribution in [2.45, 2.75) is 13.5 Å². The number of hydrogen-bond acceptors (Lipinski definition) is 3. The molecule has 1 N–H and O–H groups in total. The van der Waals surface area contributed by atoms with Crippen molar-refractivity contribution in [1.29, 1.82) is 0 Å². The Labute approximate surface area is 129 Å². The number of carboxylic acid groups (broad SMARTS) is 1. The van der Waals surface area contributed by atoms with Crippen LogP contribution in [0.5, 0.6) is 5.75 Å². The molecule has 0 aliphatic heterocycles. The van der Waals surface area contributed by atoms with E-state index < -0.39 is 5.97 Å². The van der Waals surface area contributed by atoms with Crippen LogP contribution in [0.1, 0.15) is 17.4 Å². The van der Waals surface area contributed by atoms with Crippen LogP contribution in [0.4, 0.5) is 0 Å². The minimum atomic E-state index is -1.01. The molecule has 0 radical (unpaired) electrons. The average molecular weight is 298 g/mol. The molecule has 5 heteroatoms. The zero-order chi connectivity index (χ0) is 16.1. The smallest absolute Gasteiger partial charge is 0.354 e. The molecule has 1 aromatic carbocycles. The lowest BCUT2D eigenvalue weighted by Gasteiger charge is -2.06. The number of allylic oxidation sites excluding steroid dienone is 1. The largest absolute Gasteiger partial charge is 0.489 e. The lowest BCUT2D eigenvalue weighted by atomic mass is 10.1. The molecule has 1 heterocycles. The molecule has 2 aromatic rings. The van der Waals surface area contributed by atoms with Gasteiger partial charge in [0.15, 0.2) is 0 Å². The van der Waals surface area contributed by atoms with E-state index in [0.717, 1.165) is 16.9 Å². The highest BCUT2D eigenvalue weighted by Crippen LogP contribution is 2.22. The van der Waals surface area contributed by atoms with Gasteiger partial charge in [0.2, 0.25) is 0 Å². The molecule has 1 aromatic heterocycles. The van der Waals surface area contributed by atoms with Crippen LogP contribution >= 0.6 is 0 Å². The molecule has 5 nitrogen and oxygen atoms in total. The van der Waals surface area contributed by atoms with E-state index in [1.807, 2.05) is 31.2 Å². The number of nitrogens with zero attached hydrogens (tertiary/aromatic N) is 2. The summed E-state index contributed by atoms with van der Waals surface area (Å²) in [6.45, 7) is 10.1. The monoisotopic (exact) mass is 298 g/mol. The lowest BCUT2D eigenvalue weighted by molar-refractivity contribution is 0.0684. The summed E-state index contributed by atoms with van der Waals surface area (Å²) >= 11 is 0. The number of carbonyl (C=O) groups is 1. The summed E-state index contributed by atoms with van der Waals surface area (Å²) in [6.07, 6.45) is 1.61. The molecule has 0 spiro atoms. The maximum Gasteiger partial charge on any atom is 0.354 e. The van der Waals surface area contributed by atoms with E-state index in [0.29, 0.717) is 18.8 Å². The van der Waals surface area contributed by atoms with Crippen LogP contribution in [-0.2, 0) is 6.54 Å². The Morgan fingerprint density at radius 2 is 2.09 bits per heavy atom. The summed E-state index contributed by atoms with van der Waals surface area (Å²) in [5.74, 6) is -0.280. The van der Waals surface area contributed by atoms with Crippen molar-refractivity contribution >= 4 is 5.97 Å². The lowest BCUT2D eigenvalue weighted by Crippen LogP contribution is -2.08. The third-order valence-electron chi connectivity index (χ3n) is 2.94. The van der Waals surface area contributed by atoms with E-state index in [1.54, 1.807) is 12.1 Å². The van der Waals surface area contributed by atoms with Gasteiger partial charge < -0.3 is 9.84 Å². The van der Waals surface area contributed by atoms with Crippen LogP contribution in [0, 0.1) is 0 Å². The SMILES string of the molecule is C=CCn1nc(-c2ccc(OCC(=C)C)cc2)cc1C(=O)O. The molecule has 2 rings (SSSR count). The molecule has 0 saturated heterocycles. The Kier molecular flexibility index (Phi) is 4.78. The Balaban J connectivity index is 2.24. The summed E-state index contributed by atoms with van der Waals surface area (Å²) in [6, 6.07) is 8.89.